The molecule has 0 aliphatic heterocycles. The second-order valence-corrected chi connectivity index (χ2v) is 7.59. The minimum atomic E-state index is -4.54. The Hall–Kier alpha value is -4.20. The van der Waals surface area contributed by atoms with Crippen LogP contribution in [0, 0.1) is 0 Å². The highest BCUT2D eigenvalue weighted by atomic mass is 19.4. The van der Waals surface area contributed by atoms with Gasteiger partial charge in [-0.3, -0.25) is 10.1 Å². The van der Waals surface area contributed by atoms with Crippen LogP contribution >= 0.6 is 0 Å². The molecule has 2 aromatic carbocycles. The van der Waals surface area contributed by atoms with Gasteiger partial charge in [-0.25, -0.2) is 4.79 Å². The van der Waals surface area contributed by atoms with E-state index < -0.39 is 17.7 Å². The Balaban J connectivity index is 1.97. The highest BCUT2D eigenvalue weighted by molar-refractivity contribution is 6.01. The summed E-state index contributed by atoms with van der Waals surface area (Å²) in [5.74, 6) is -1.07. The van der Waals surface area contributed by atoms with Gasteiger partial charge in [-0.1, -0.05) is 37.3 Å². The maximum Gasteiger partial charge on any atom is 0.417 e. The van der Waals surface area contributed by atoms with Crippen molar-refractivity contribution in [2.45, 2.75) is 19.5 Å². The average Bonchev–Trinajstić information content (AvgIpc) is 3.29. The minimum Gasteiger partial charge on any atom is -0.478 e. The molecule has 2 aromatic heterocycles. The number of fused-ring (bicyclic) bond motifs is 1. The summed E-state index contributed by atoms with van der Waals surface area (Å²) in [6.45, 7) is 1.81. The van der Waals surface area contributed by atoms with Crippen molar-refractivity contribution in [3.63, 3.8) is 0 Å². The zero-order chi connectivity index (χ0) is 24.3. The number of halogens is 3. The predicted octanol–water partition coefficient (Wildman–Crippen LogP) is 6.44. The van der Waals surface area contributed by atoms with Crippen LogP contribution in [0.4, 0.5) is 13.2 Å². The molecule has 2 N–H and O–H groups in total. The van der Waals surface area contributed by atoms with Gasteiger partial charge in [0.2, 0.25) is 0 Å². The first-order chi connectivity index (χ1) is 16.3. The maximum atomic E-state index is 13.9. The topological polar surface area (TPSA) is 78.9 Å². The van der Waals surface area contributed by atoms with Crippen molar-refractivity contribution in [2.75, 3.05) is 0 Å². The third kappa shape index (κ3) is 4.76. The molecule has 4 rings (SSSR count). The Kier molecular flexibility index (Phi) is 6.32. The van der Waals surface area contributed by atoms with Crippen molar-refractivity contribution in [1.29, 1.82) is 0 Å². The molecule has 172 valence electrons. The van der Waals surface area contributed by atoms with Crippen LogP contribution in [0.1, 0.15) is 41.2 Å². The highest BCUT2D eigenvalue weighted by Crippen LogP contribution is 2.40. The highest BCUT2D eigenvalue weighted by Gasteiger charge is 2.34. The van der Waals surface area contributed by atoms with Gasteiger partial charge in [-0.05, 0) is 58.5 Å². The van der Waals surface area contributed by atoms with Crippen LogP contribution < -0.4 is 0 Å². The third-order valence-corrected chi connectivity index (χ3v) is 5.45. The van der Waals surface area contributed by atoms with Gasteiger partial charge >= 0.3 is 12.1 Å². The third-order valence-electron chi connectivity index (χ3n) is 5.45. The number of carboxylic acid groups (broad SMARTS) is 1. The van der Waals surface area contributed by atoms with E-state index in [1.54, 1.807) is 30.5 Å². The molecular formula is C26H20F3N3O2. The number of pyridine rings is 1. The van der Waals surface area contributed by atoms with Gasteiger partial charge in [0, 0.05) is 29.4 Å². The number of H-pyrrole nitrogens is 1. The minimum absolute atomic E-state index is 0.0228. The number of rotatable bonds is 6. The number of aromatic nitrogens is 3. The molecule has 34 heavy (non-hydrogen) atoms. The van der Waals surface area contributed by atoms with Gasteiger partial charge in [-0.2, -0.15) is 18.3 Å². The summed E-state index contributed by atoms with van der Waals surface area (Å²) in [5, 5.41) is 16.6. The van der Waals surface area contributed by atoms with Crippen molar-refractivity contribution < 1.29 is 23.1 Å². The van der Waals surface area contributed by atoms with Crippen LogP contribution in [0.3, 0.4) is 0 Å². The second kappa shape index (κ2) is 9.35. The van der Waals surface area contributed by atoms with E-state index >= 15 is 0 Å². The van der Waals surface area contributed by atoms with Crippen LogP contribution in [0.5, 0.6) is 0 Å². The number of benzene rings is 2. The van der Waals surface area contributed by atoms with Crippen LogP contribution in [-0.2, 0) is 11.0 Å². The summed E-state index contributed by atoms with van der Waals surface area (Å²) in [6, 6.07) is 13.5. The quantitative estimate of drug-likeness (QED) is 0.323. The number of carboxylic acids is 1. The molecule has 0 saturated heterocycles. The predicted molar refractivity (Wildman–Crippen MR) is 125 cm³/mol. The lowest BCUT2D eigenvalue weighted by molar-refractivity contribution is -0.138. The van der Waals surface area contributed by atoms with E-state index in [4.69, 9.17) is 5.11 Å². The van der Waals surface area contributed by atoms with E-state index in [9.17, 15) is 18.0 Å². The van der Waals surface area contributed by atoms with E-state index in [1.165, 1.54) is 12.3 Å². The van der Waals surface area contributed by atoms with Gasteiger partial charge in [0.25, 0.3) is 0 Å². The Bertz CT molecular complexity index is 1400. The fourth-order valence-corrected chi connectivity index (χ4v) is 3.93. The maximum absolute atomic E-state index is 13.9. The van der Waals surface area contributed by atoms with Gasteiger partial charge in [0.15, 0.2) is 0 Å². The number of aliphatic carboxylic acids is 1. The summed E-state index contributed by atoms with van der Waals surface area (Å²) < 4.78 is 41.6. The SMILES string of the molecule is CCC(=C(c1ccc(C=CC(=O)O)cc1)c1ccc2[nH]ncc2c1)c1cnccc1C(F)(F)F. The van der Waals surface area contributed by atoms with Crippen molar-refractivity contribution in [2.24, 2.45) is 0 Å². The average molecular weight is 463 g/mol. The first-order valence-corrected chi connectivity index (χ1v) is 10.5. The molecule has 0 fully saturated rings. The second-order valence-electron chi connectivity index (χ2n) is 7.59. The molecule has 0 atom stereocenters. The molecular weight excluding hydrogens is 443 g/mol. The Morgan fingerprint density at radius 3 is 2.47 bits per heavy atom. The number of aromatic amines is 1. The van der Waals surface area contributed by atoms with Gasteiger partial charge < -0.3 is 5.11 Å². The normalized spacial score (nSPS) is 12.8. The molecule has 4 aromatic rings. The molecule has 0 saturated carbocycles. The summed E-state index contributed by atoms with van der Waals surface area (Å²) in [7, 11) is 0. The van der Waals surface area contributed by atoms with Crippen LogP contribution in [-0.4, -0.2) is 26.3 Å². The molecule has 5 nitrogen and oxygen atoms in total. The molecule has 0 aliphatic rings. The van der Waals surface area contributed by atoms with E-state index in [0.717, 1.165) is 34.8 Å². The lowest BCUT2D eigenvalue weighted by Crippen LogP contribution is -2.10. The smallest absolute Gasteiger partial charge is 0.417 e. The molecule has 0 bridgehead atoms. The molecule has 0 unspecified atom stereocenters. The zero-order valence-electron chi connectivity index (χ0n) is 18.1. The number of carbonyl (C=O) groups is 1. The first kappa shape index (κ1) is 23.0. The van der Waals surface area contributed by atoms with Crippen molar-refractivity contribution in [3.05, 3.63) is 101 Å². The largest absolute Gasteiger partial charge is 0.478 e. The van der Waals surface area contributed by atoms with E-state index in [2.05, 4.69) is 15.2 Å². The lowest BCUT2D eigenvalue weighted by atomic mass is 9.86. The van der Waals surface area contributed by atoms with E-state index in [1.807, 2.05) is 25.1 Å². The van der Waals surface area contributed by atoms with E-state index in [0.29, 0.717) is 28.7 Å². The Labute approximate surface area is 193 Å². The molecule has 0 radical (unpaired) electrons. The molecule has 2 heterocycles. The molecule has 0 spiro atoms. The van der Waals surface area contributed by atoms with Crippen LogP contribution in [0.25, 0.3) is 28.1 Å². The van der Waals surface area contributed by atoms with Gasteiger partial charge in [0.1, 0.15) is 0 Å². The number of hydrogen-bond donors (Lipinski definition) is 2. The zero-order valence-corrected chi connectivity index (χ0v) is 18.1. The molecule has 0 aliphatic carbocycles. The van der Waals surface area contributed by atoms with Crippen LogP contribution in [0.15, 0.2) is 73.2 Å². The molecule has 8 heteroatoms. The molecule has 0 amide bonds. The number of allylic oxidation sites excluding steroid dienone is 1. The van der Waals surface area contributed by atoms with Crippen molar-refractivity contribution in [1.82, 2.24) is 15.2 Å². The lowest BCUT2D eigenvalue weighted by Gasteiger charge is -2.19. The van der Waals surface area contributed by atoms with Gasteiger partial charge in [-0.15, -0.1) is 0 Å². The summed E-state index contributed by atoms with van der Waals surface area (Å²) in [6.07, 6.45) is 2.32. The number of alkyl halides is 3. The number of nitrogens with one attached hydrogen (secondary N) is 1. The standard InChI is InChI=1S/C26H20F3N3O2/c1-2-20(21-15-30-12-11-22(21)26(27,28)29)25(18-8-9-23-19(13-18)14-31-32-23)17-6-3-16(4-7-17)5-10-24(33)34/h3-15H,2H2,1H3,(H,31,32)(H,33,34). The van der Waals surface area contributed by atoms with Gasteiger partial charge in [0.05, 0.1) is 17.3 Å². The van der Waals surface area contributed by atoms with Crippen LogP contribution in [0.2, 0.25) is 0 Å². The summed E-state index contributed by atoms with van der Waals surface area (Å²) in [5.41, 5.74) is 3.31. The van der Waals surface area contributed by atoms with Crippen molar-refractivity contribution in [3.8, 4) is 0 Å². The van der Waals surface area contributed by atoms with Crippen molar-refractivity contribution >= 4 is 34.1 Å². The number of nitrogens with zero attached hydrogens (tertiary/aromatic N) is 2. The van der Waals surface area contributed by atoms with E-state index in [-0.39, 0.29) is 5.56 Å². The monoisotopic (exact) mass is 463 g/mol. The Morgan fingerprint density at radius 2 is 1.79 bits per heavy atom. The first-order valence-electron chi connectivity index (χ1n) is 10.5. The fourth-order valence-electron chi connectivity index (χ4n) is 3.93. The number of hydrogen-bond acceptors (Lipinski definition) is 3. The Morgan fingerprint density at radius 1 is 1.06 bits per heavy atom. The fraction of sp³-hybridized carbons (Fsp3) is 0.115. The summed E-state index contributed by atoms with van der Waals surface area (Å²) in [4.78, 5) is 14.8. The summed E-state index contributed by atoms with van der Waals surface area (Å²) >= 11 is 0.